The summed E-state index contributed by atoms with van der Waals surface area (Å²) in [4.78, 5) is 4.25. The van der Waals surface area contributed by atoms with Gasteiger partial charge in [0.15, 0.2) is 0 Å². The molecule has 0 fully saturated rings. The van der Waals surface area contributed by atoms with Crippen molar-refractivity contribution in [2.45, 2.75) is 0 Å². The third kappa shape index (κ3) is 2.45. The van der Waals surface area contributed by atoms with Crippen molar-refractivity contribution in [3.63, 3.8) is 0 Å². The Bertz CT molecular complexity index is 307. The van der Waals surface area contributed by atoms with Gasteiger partial charge in [-0.15, -0.1) is 0 Å². The molecule has 0 aliphatic heterocycles. The Kier molecular flexibility index (Phi) is 3.76. The molecule has 13 heavy (non-hydrogen) atoms. The second-order valence-corrected chi connectivity index (χ2v) is 2.58. The Labute approximate surface area is 90.0 Å². The fourth-order valence-corrected chi connectivity index (χ4v) is 1.14. The second kappa shape index (κ2) is 4.86. The quantitative estimate of drug-likeness (QED) is 0.586. The molecule has 0 spiro atoms. The van der Waals surface area contributed by atoms with Gasteiger partial charge in [-0.2, -0.15) is 0 Å². The van der Waals surface area contributed by atoms with Crippen LogP contribution in [0.1, 0.15) is 0 Å². The average molecular weight is 163 g/mol. The number of rotatable bonds is 1. The van der Waals surface area contributed by atoms with Crippen molar-refractivity contribution in [2.75, 3.05) is 0 Å². The SMILES string of the molecule is [LiH].c1ccc(-c2ccccn2)cc1. The van der Waals surface area contributed by atoms with Gasteiger partial charge in [-0.3, -0.25) is 4.98 Å². The van der Waals surface area contributed by atoms with Gasteiger partial charge >= 0.3 is 18.9 Å². The zero-order valence-corrected chi connectivity index (χ0v) is 6.64. The van der Waals surface area contributed by atoms with Crippen molar-refractivity contribution in [1.82, 2.24) is 4.98 Å². The topological polar surface area (TPSA) is 12.9 Å². The molecule has 60 valence electrons. The average Bonchev–Trinajstić information content (AvgIpc) is 2.21. The van der Waals surface area contributed by atoms with Gasteiger partial charge in [0, 0.05) is 11.8 Å². The standard InChI is InChI=1S/C11H9N.Li.H/c1-2-6-10(7-3-1)11-8-4-5-9-12-11;;/h1-9H;;. The van der Waals surface area contributed by atoms with E-state index in [9.17, 15) is 0 Å². The van der Waals surface area contributed by atoms with Gasteiger partial charge in [0.2, 0.25) is 0 Å². The first kappa shape index (κ1) is 10.1. The summed E-state index contributed by atoms with van der Waals surface area (Å²) in [5.74, 6) is 0. The van der Waals surface area contributed by atoms with Crippen LogP contribution in [0, 0.1) is 0 Å². The first-order valence-corrected chi connectivity index (χ1v) is 3.93. The number of nitrogens with zero attached hydrogens (tertiary/aromatic N) is 1. The summed E-state index contributed by atoms with van der Waals surface area (Å²) < 4.78 is 0. The fraction of sp³-hybridized carbons (Fsp3) is 0. The molecule has 1 aromatic heterocycles. The van der Waals surface area contributed by atoms with E-state index in [-0.39, 0.29) is 18.9 Å². The predicted molar refractivity (Wildman–Crippen MR) is 56.8 cm³/mol. The molecular formula is C11H10LiN. The summed E-state index contributed by atoms with van der Waals surface area (Å²) in [7, 11) is 0. The van der Waals surface area contributed by atoms with Gasteiger partial charge in [0.05, 0.1) is 5.69 Å². The Hall–Kier alpha value is -1.03. The number of hydrogen-bond donors (Lipinski definition) is 0. The van der Waals surface area contributed by atoms with E-state index in [0.717, 1.165) is 11.3 Å². The van der Waals surface area contributed by atoms with E-state index < -0.39 is 0 Å². The van der Waals surface area contributed by atoms with Crippen LogP contribution in [0.2, 0.25) is 0 Å². The van der Waals surface area contributed by atoms with E-state index >= 15 is 0 Å². The van der Waals surface area contributed by atoms with E-state index in [1.54, 1.807) is 0 Å². The molecule has 1 nitrogen and oxygen atoms in total. The smallest absolute Gasteiger partial charge is 0.0701 e. The van der Waals surface area contributed by atoms with Crippen LogP contribution in [0.15, 0.2) is 54.7 Å². The zero-order valence-electron chi connectivity index (χ0n) is 6.64. The molecule has 2 heteroatoms. The molecular weight excluding hydrogens is 153 g/mol. The molecule has 2 rings (SSSR count). The molecule has 2 aromatic rings. The summed E-state index contributed by atoms with van der Waals surface area (Å²) in [5.41, 5.74) is 2.19. The molecule has 1 heterocycles. The van der Waals surface area contributed by atoms with Crippen molar-refractivity contribution in [3.05, 3.63) is 54.7 Å². The van der Waals surface area contributed by atoms with Crippen LogP contribution in [-0.2, 0) is 0 Å². The van der Waals surface area contributed by atoms with Crippen molar-refractivity contribution in [2.24, 2.45) is 0 Å². The van der Waals surface area contributed by atoms with Crippen LogP contribution >= 0.6 is 0 Å². The number of pyridine rings is 1. The molecule has 0 amide bonds. The Morgan fingerprint density at radius 3 is 2.08 bits per heavy atom. The summed E-state index contributed by atoms with van der Waals surface area (Å²) in [6.07, 6.45) is 1.81. The molecule has 0 radical (unpaired) electrons. The van der Waals surface area contributed by atoms with Crippen LogP contribution in [0.3, 0.4) is 0 Å². The zero-order chi connectivity index (χ0) is 8.23. The summed E-state index contributed by atoms with van der Waals surface area (Å²) >= 11 is 0. The Morgan fingerprint density at radius 2 is 1.46 bits per heavy atom. The summed E-state index contributed by atoms with van der Waals surface area (Å²) in [5, 5.41) is 0. The van der Waals surface area contributed by atoms with Crippen LogP contribution in [-0.4, -0.2) is 23.8 Å². The van der Waals surface area contributed by atoms with Gasteiger partial charge < -0.3 is 0 Å². The maximum atomic E-state index is 4.25. The molecule has 0 N–H and O–H groups in total. The number of hydrogen-bond acceptors (Lipinski definition) is 1. The van der Waals surface area contributed by atoms with Crippen molar-refractivity contribution in [3.8, 4) is 11.3 Å². The minimum absolute atomic E-state index is 0. The molecule has 0 aliphatic rings. The van der Waals surface area contributed by atoms with Crippen LogP contribution in [0.25, 0.3) is 11.3 Å². The maximum Gasteiger partial charge on any atom is 0.0701 e. The first-order valence-electron chi connectivity index (χ1n) is 3.93. The van der Waals surface area contributed by atoms with Crippen LogP contribution < -0.4 is 0 Å². The van der Waals surface area contributed by atoms with Crippen molar-refractivity contribution in [1.29, 1.82) is 0 Å². The summed E-state index contributed by atoms with van der Waals surface area (Å²) in [6, 6.07) is 16.1. The normalized spacial score (nSPS) is 8.92. The minimum Gasteiger partial charge on any atom is -0.256 e. The molecule has 0 unspecified atom stereocenters. The van der Waals surface area contributed by atoms with Gasteiger partial charge in [-0.05, 0) is 12.1 Å². The van der Waals surface area contributed by atoms with Crippen LogP contribution in [0.4, 0.5) is 0 Å². The molecule has 0 saturated carbocycles. The van der Waals surface area contributed by atoms with Crippen LogP contribution in [0.5, 0.6) is 0 Å². The molecule has 1 aromatic carbocycles. The Morgan fingerprint density at radius 1 is 0.769 bits per heavy atom. The van der Waals surface area contributed by atoms with Crippen molar-refractivity contribution < 1.29 is 0 Å². The monoisotopic (exact) mass is 163 g/mol. The van der Waals surface area contributed by atoms with Crippen molar-refractivity contribution >= 4 is 18.9 Å². The summed E-state index contributed by atoms with van der Waals surface area (Å²) in [6.45, 7) is 0. The Balaban J connectivity index is 0.000000845. The molecule has 0 atom stereocenters. The van der Waals surface area contributed by atoms with E-state index in [0.29, 0.717) is 0 Å². The maximum absolute atomic E-state index is 4.25. The number of benzene rings is 1. The van der Waals surface area contributed by atoms with E-state index in [1.165, 1.54) is 0 Å². The van der Waals surface area contributed by atoms with E-state index in [1.807, 2.05) is 42.6 Å². The third-order valence-electron chi connectivity index (χ3n) is 1.73. The predicted octanol–water partition coefficient (Wildman–Crippen LogP) is 2.10. The van der Waals surface area contributed by atoms with Gasteiger partial charge in [-0.1, -0.05) is 36.4 Å². The second-order valence-electron chi connectivity index (χ2n) is 2.58. The largest absolute Gasteiger partial charge is 0.256 e. The van der Waals surface area contributed by atoms with E-state index in [2.05, 4.69) is 17.1 Å². The van der Waals surface area contributed by atoms with Gasteiger partial charge in [-0.25, -0.2) is 0 Å². The molecule has 0 bridgehead atoms. The third-order valence-corrected chi connectivity index (χ3v) is 1.73. The molecule has 0 saturated heterocycles. The molecule has 0 aliphatic carbocycles. The number of aromatic nitrogens is 1. The van der Waals surface area contributed by atoms with E-state index in [4.69, 9.17) is 0 Å². The minimum atomic E-state index is 0. The van der Waals surface area contributed by atoms with Gasteiger partial charge in [0.1, 0.15) is 0 Å². The fourth-order valence-electron chi connectivity index (χ4n) is 1.14. The van der Waals surface area contributed by atoms with Gasteiger partial charge in [0.25, 0.3) is 0 Å². The first-order chi connectivity index (χ1) is 5.97.